The third kappa shape index (κ3) is 3.24. The molecule has 0 radical (unpaired) electrons. The molecule has 11 heteroatoms. The molecule has 0 aliphatic rings. The molecule has 0 N–H and O–H groups in total. The molecule has 0 atom stereocenters. The van der Waals surface area contributed by atoms with Gasteiger partial charge in [0.15, 0.2) is 16.9 Å². The van der Waals surface area contributed by atoms with Crippen LogP contribution in [0.3, 0.4) is 0 Å². The molecule has 1 aromatic carbocycles. The van der Waals surface area contributed by atoms with Gasteiger partial charge in [-0.25, -0.2) is 18.2 Å². The first-order valence-electron chi connectivity index (χ1n) is 8.20. The Kier molecular flexibility index (Phi) is 4.71. The van der Waals surface area contributed by atoms with Gasteiger partial charge in [-0.15, -0.1) is 0 Å². The Hall–Kier alpha value is -3.21. The fourth-order valence-corrected chi connectivity index (χ4v) is 3.32. The van der Waals surface area contributed by atoms with E-state index in [1.807, 2.05) is 0 Å². The number of carbonyl (C=O) groups is 1. The van der Waals surface area contributed by atoms with Crippen molar-refractivity contribution in [3.05, 3.63) is 57.0 Å². The molecule has 0 amide bonds. The predicted octanol–water partition coefficient (Wildman–Crippen LogP) is -0.288. The molecule has 10 nitrogen and oxygen atoms in total. The zero-order chi connectivity index (χ0) is 20.8. The van der Waals surface area contributed by atoms with Crippen molar-refractivity contribution >= 4 is 32.7 Å². The first kappa shape index (κ1) is 19.5. The van der Waals surface area contributed by atoms with E-state index in [1.165, 1.54) is 60.9 Å². The number of ketones is 1. The molecule has 148 valence electrons. The Bertz CT molecular complexity index is 1300. The molecule has 0 aliphatic carbocycles. The van der Waals surface area contributed by atoms with Gasteiger partial charge >= 0.3 is 5.69 Å². The molecule has 2 aromatic heterocycles. The number of imidazole rings is 1. The van der Waals surface area contributed by atoms with Crippen LogP contribution in [0.4, 0.5) is 5.69 Å². The summed E-state index contributed by atoms with van der Waals surface area (Å²) in [6.07, 6.45) is 2.43. The Morgan fingerprint density at radius 2 is 1.71 bits per heavy atom. The van der Waals surface area contributed by atoms with Crippen LogP contribution >= 0.6 is 0 Å². The average Bonchev–Trinajstić information content (AvgIpc) is 3.07. The van der Waals surface area contributed by atoms with Crippen LogP contribution in [0.2, 0.25) is 0 Å². The first-order valence-corrected chi connectivity index (χ1v) is 10.0. The van der Waals surface area contributed by atoms with Gasteiger partial charge in [-0.2, -0.15) is 0 Å². The predicted molar refractivity (Wildman–Crippen MR) is 104 cm³/mol. The van der Waals surface area contributed by atoms with Crippen molar-refractivity contribution in [2.75, 3.05) is 17.6 Å². The topological polar surface area (TPSA) is 116 Å². The molecule has 2 heterocycles. The largest absolute Gasteiger partial charge is 0.332 e. The second-order valence-corrected chi connectivity index (χ2v) is 8.46. The van der Waals surface area contributed by atoms with Gasteiger partial charge in [0.1, 0.15) is 0 Å². The van der Waals surface area contributed by atoms with E-state index >= 15 is 0 Å². The third-order valence-electron chi connectivity index (χ3n) is 4.58. The Labute approximate surface area is 160 Å². The molecule has 3 rings (SSSR count). The minimum Gasteiger partial charge on any atom is -0.317 e. The van der Waals surface area contributed by atoms with E-state index in [0.29, 0.717) is 11.3 Å². The summed E-state index contributed by atoms with van der Waals surface area (Å²) in [5.41, 5.74) is 0.107. The van der Waals surface area contributed by atoms with E-state index in [2.05, 4.69) is 4.98 Å². The van der Waals surface area contributed by atoms with Gasteiger partial charge in [-0.3, -0.25) is 23.0 Å². The summed E-state index contributed by atoms with van der Waals surface area (Å²) in [5, 5.41) is 0. The van der Waals surface area contributed by atoms with E-state index in [-0.39, 0.29) is 23.5 Å². The van der Waals surface area contributed by atoms with Crippen molar-refractivity contribution in [3.8, 4) is 0 Å². The maximum Gasteiger partial charge on any atom is 0.332 e. The quantitative estimate of drug-likeness (QED) is 0.539. The smallest absolute Gasteiger partial charge is 0.317 e. The van der Waals surface area contributed by atoms with Crippen LogP contribution in [0.1, 0.15) is 10.4 Å². The van der Waals surface area contributed by atoms with Crippen molar-refractivity contribution < 1.29 is 13.2 Å². The highest BCUT2D eigenvalue weighted by Gasteiger charge is 2.17. The number of nitrogens with zero attached hydrogens (tertiary/aromatic N) is 5. The van der Waals surface area contributed by atoms with Crippen LogP contribution in [-0.2, 0) is 30.7 Å². The van der Waals surface area contributed by atoms with Crippen LogP contribution in [0.25, 0.3) is 11.2 Å². The molecule has 28 heavy (non-hydrogen) atoms. The highest BCUT2D eigenvalue weighted by Crippen LogP contribution is 2.17. The number of anilines is 1. The van der Waals surface area contributed by atoms with Crippen LogP contribution < -0.4 is 15.6 Å². The van der Waals surface area contributed by atoms with Gasteiger partial charge in [0, 0.05) is 26.7 Å². The van der Waals surface area contributed by atoms with Gasteiger partial charge in [0.05, 0.1) is 24.8 Å². The van der Waals surface area contributed by atoms with Gasteiger partial charge < -0.3 is 4.57 Å². The molecule has 0 unspecified atom stereocenters. The lowest BCUT2D eigenvalue weighted by molar-refractivity contribution is 0.0973. The maximum atomic E-state index is 12.6. The Balaban J connectivity index is 1.94. The van der Waals surface area contributed by atoms with Gasteiger partial charge in [0.25, 0.3) is 5.56 Å². The molecule has 0 saturated carbocycles. The maximum absolute atomic E-state index is 12.6. The van der Waals surface area contributed by atoms with E-state index in [1.54, 1.807) is 0 Å². The average molecular weight is 405 g/mol. The number of hydrogen-bond acceptors (Lipinski definition) is 6. The van der Waals surface area contributed by atoms with Crippen LogP contribution in [0, 0.1) is 0 Å². The fraction of sp³-hybridized carbons (Fsp3) is 0.294. The van der Waals surface area contributed by atoms with Crippen molar-refractivity contribution in [3.63, 3.8) is 0 Å². The number of aromatic nitrogens is 4. The van der Waals surface area contributed by atoms with E-state index < -0.39 is 21.3 Å². The number of benzene rings is 1. The van der Waals surface area contributed by atoms with Crippen molar-refractivity contribution in [1.82, 2.24) is 18.7 Å². The van der Waals surface area contributed by atoms with Crippen LogP contribution in [0.5, 0.6) is 0 Å². The summed E-state index contributed by atoms with van der Waals surface area (Å²) < 4.78 is 27.9. The van der Waals surface area contributed by atoms with E-state index in [4.69, 9.17) is 0 Å². The first-order chi connectivity index (χ1) is 13.0. The number of rotatable bonds is 5. The molecule has 0 bridgehead atoms. The van der Waals surface area contributed by atoms with Gasteiger partial charge in [-0.05, 0) is 24.3 Å². The number of Topliss-reactive ketones (excluding diaryl/α,β-unsaturated/α-hetero) is 1. The lowest BCUT2D eigenvalue weighted by Gasteiger charge is -2.16. The monoisotopic (exact) mass is 405 g/mol. The van der Waals surface area contributed by atoms with Crippen LogP contribution in [-0.4, -0.2) is 46.2 Å². The molecule has 0 saturated heterocycles. The Morgan fingerprint density at radius 1 is 1.11 bits per heavy atom. The zero-order valence-electron chi connectivity index (χ0n) is 15.8. The minimum atomic E-state index is -3.40. The number of sulfonamides is 1. The van der Waals surface area contributed by atoms with Crippen molar-refractivity contribution in [2.24, 2.45) is 14.1 Å². The van der Waals surface area contributed by atoms with Crippen LogP contribution in [0.15, 0.2) is 40.2 Å². The summed E-state index contributed by atoms with van der Waals surface area (Å²) in [7, 11) is 0.882. The normalized spacial score (nSPS) is 11.7. The molecule has 0 fully saturated rings. The second kappa shape index (κ2) is 6.75. The fourth-order valence-electron chi connectivity index (χ4n) is 2.81. The van der Waals surface area contributed by atoms with Crippen molar-refractivity contribution in [1.29, 1.82) is 0 Å². The number of aryl methyl sites for hydroxylation is 1. The minimum absolute atomic E-state index is 0.148. The summed E-state index contributed by atoms with van der Waals surface area (Å²) in [6, 6.07) is 6.10. The zero-order valence-corrected chi connectivity index (χ0v) is 16.6. The highest BCUT2D eigenvalue weighted by molar-refractivity contribution is 7.92. The summed E-state index contributed by atoms with van der Waals surface area (Å²) in [5.74, 6) is -0.288. The SMILES string of the molecule is CN(c1ccc(C(=O)Cn2cnc3c2c(=O)n(C)c(=O)n3C)cc1)S(C)(=O)=O. The molecule has 0 spiro atoms. The highest BCUT2D eigenvalue weighted by atomic mass is 32.2. The van der Waals surface area contributed by atoms with Crippen molar-refractivity contribution in [2.45, 2.75) is 6.54 Å². The van der Waals surface area contributed by atoms with Gasteiger partial charge in [-0.1, -0.05) is 0 Å². The number of carbonyl (C=O) groups excluding carboxylic acids is 1. The molecule has 0 aliphatic heterocycles. The molecular weight excluding hydrogens is 386 g/mol. The lowest BCUT2D eigenvalue weighted by atomic mass is 10.1. The summed E-state index contributed by atoms with van der Waals surface area (Å²) in [4.78, 5) is 41.1. The standard InChI is InChI=1S/C17H19N5O5S/c1-19-15-14(16(24)20(2)17(19)25)22(10-18-15)9-13(23)11-5-7-12(8-6-11)21(3)28(4,26)27/h5-8,10H,9H2,1-4H3. The summed E-state index contributed by atoms with van der Waals surface area (Å²) in [6.45, 7) is -0.148. The lowest BCUT2D eigenvalue weighted by Crippen LogP contribution is -2.37. The summed E-state index contributed by atoms with van der Waals surface area (Å²) >= 11 is 0. The van der Waals surface area contributed by atoms with E-state index in [0.717, 1.165) is 15.1 Å². The second-order valence-electron chi connectivity index (χ2n) is 6.45. The Morgan fingerprint density at radius 3 is 2.29 bits per heavy atom. The number of fused-ring (bicyclic) bond motifs is 1. The number of hydrogen-bond donors (Lipinski definition) is 0. The third-order valence-corrected chi connectivity index (χ3v) is 5.79. The van der Waals surface area contributed by atoms with Gasteiger partial charge in [0.2, 0.25) is 10.0 Å². The van der Waals surface area contributed by atoms with E-state index in [9.17, 15) is 22.8 Å². The molecule has 3 aromatic rings. The molecular formula is C17H19N5O5S.